The number of amides is 1. The Hall–Kier alpha value is -1.59. The Kier molecular flexibility index (Phi) is 2.62. The molecule has 0 bridgehead atoms. The lowest BCUT2D eigenvalue weighted by Gasteiger charge is -2.25. The number of nitrogens with one attached hydrogen (secondary N) is 1. The quantitative estimate of drug-likeness (QED) is 0.718. The third-order valence-corrected chi connectivity index (χ3v) is 2.32. The van der Waals surface area contributed by atoms with Gasteiger partial charge in [-0.3, -0.25) is 4.79 Å². The Labute approximate surface area is 81.2 Å². The first-order valence-corrected chi connectivity index (χ1v) is 4.69. The molecule has 2 rings (SSSR count). The highest BCUT2D eigenvalue weighted by Crippen LogP contribution is 2.23. The van der Waals surface area contributed by atoms with Crippen molar-refractivity contribution in [1.82, 2.24) is 10.3 Å². The second-order valence-corrected chi connectivity index (χ2v) is 3.25. The van der Waals surface area contributed by atoms with Gasteiger partial charge in [0.15, 0.2) is 0 Å². The maximum Gasteiger partial charge on any atom is 0.221 e. The number of hydrogen-bond acceptors (Lipinski definition) is 5. The van der Waals surface area contributed by atoms with Gasteiger partial charge >= 0.3 is 0 Å². The van der Waals surface area contributed by atoms with E-state index in [4.69, 9.17) is 0 Å². The van der Waals surface area contributed by atoms with Gasteiger partial charge in [0.2, 0.25) is 18.0 Å². The number of nitrogens with zero attached hydrogens (tertiary/aromatic N) is 3. The normalized spacial score (nSPS) is 16.7. The van der Waals surface area contributed by atoms with Crippen molar-refractivity contribution in [3.63, 3.8) is 0 Å². The van der Waals surface area contributed by atoms with Crippen molar-refractivity contribution in [2.45, 2.75) is 19.3 Å². The Morgan fingerprint density at radius 3 is 2.79 bits per heavy atom. The Morgan fingerprint density at radius 2 is 2.07 bits per heavy atom. The highest BCUT2D eigenvalue weighted by molar-refractivity contribution is 5.75. The van der Waals surface area contributed by atoms with Crippen LogP contribution in [-0.4, -0.2) is 29.8 Å². The van der Waals surface area contributed by atoms with Crippen LogP contribution in [0.1, 0.15) is 19.3 Å². The van der Waals surface area contributed by atoms with Crippen molar-refractivity contribution in [3.05, 3.63) is 0 Å². The zero-order valence-corrected chi connectivity index (χ0v) is 7.77. The second kappa shape index (κ2) is 4.08. The average molecular weight is 196 g/mol. The topological polar surface area (TPSA) is 71.3 Å². The SMILES string of the molecule is O=CNc1nonc1N1CCCCC1. The first-order valence-electron chi connectivity index (χ1n) is 4.69. The van der Waals surface area contributed by atoms with Crippen LogP contribution < -0.4 is 10.2 Å². The molecule has 1 aromatic rings. The molecule has 1 N–H and O–H groups in total. The van der Waals surface area contributed by atoms with Gasteiger partial charge in [-0.15, -0.1) is 0 Å². The van der Waals surface area contributed by atoms with Crippen LogP contribution in [0.15, 0.2) is 4.63 Å². The van der Waals surface area contributed by atoms with E-state index in [1.54, 1.807) is 0 Å². The largest absolute Gasteiger partial charge is 0.351 e. The molecular weight excluding hydrogens is 184 g/mol. The average Bonchev–Trinajstić information content (AvgIpc) is 2.68. The van der Waals surface area contributed by atoms with Gasteiger partial charge < -0.3 is 10.2 Å². The standard InChI is InChI=1S/C8H12N4O2/c13-6-9-7-8(11-14-10-7)12-4-2-1-3-5-12/h6H,1-5H2,(H,9,10,13). The van der Waals surface area contributed by atoms with Crippen LogP contribution in [0.5, 0.6) is 0 Å². The molecule has 1 aliphatic rings. The summed E-state index contributed by atoms with van der Waals surface area (Å²) in [6.45, 7) is 1.89. The summed E-state index contributed by atoms with van der Waals surface area (Å²) in [7, 11) is 0. The maximum absolute atomic E-state index is 10.3. The van der Waals surface area contributed by atoms with Crippen molar-refractivity contribution in [2.75, 3.05) is 23.3 Å². The fourth-order valence-electron chi connectivity index (χ4n) is 1.64. The van der Waals surface area contributed by atoms with Crippen molar-refractivity contribution < 1.29 is 9.42 Å². The van der Waals surface area contributed by atoms with Crippen LogP contribution in [0.25, 0.3) is 0 Å². The molecule has 1 saturated heterocycles. The predicted molar refractivity (Wildman–Crippen MR) is 50.0 cm³/mol. The van der Waals surface area contributed by atoms with E-state index in [0.717, 1.165) is 25.9 Å². The fraction of sp³-hybridized carbons (Fsp3) is 0.625. The molecule has 1 aromatic heterocycles. The second-order valence-electron chi connectivity index (χ2n) is 3.25. The van der Waals surface area contributed by atoms with Crippen LogP contribution in [0.3, 0.4) is 0 Å². The van der Waals surface area contributed by atoms with E-state index in [9.17, 15) is 4.79 Å². The summed E-state index contributed by atoms with van der Waals surface area (Å²) in [5.41, 5.74) is 0. The van der Waals surface area contributed by atoms with Gasteiger partial charge in [-0.25, -0.2) is 4.63 Å². The van der Waals surface area contributed by atoms with Gasteiger partial charge in [-0.1, -0.05) is 0 Å². The van der Waals surface area contributed by atoms with Crippen LogP contribution in [-0.2, 0) is 4.79 Å². The number of piperidine rings is 1. The monoisotopic (exact) mass is 196 g/mol. The van der Waals surface area contributed by atoms with E-state index in [1.165, 1.54) is 6.42 Å². The van der Waals surface area contributed by atoms with Gasteiger partial charge in [-0.2, -0.15) is 0 Å². The molecule has 0 atom stereocenters. The van der Waals surface area contributed by atoms with Gasteiger partial charge in [0, 0.05) is 13.1 Å². The highest BCUT2D eigenvalue weighted by Gasteiger charge is 2.19. The number of anilines is 2. The van der Waals surface area contributed by atoms with Gasteiger partial charge in [0.25, 0.3) is 0 Å². The maximum atomic E-state index is 10.3. The van der Waals surface area contributed by atoms with E-state index in [2.05, 4.69) is 25.2 Å². The third kappa shape index (κ3) is 1.68. The molecule has 0 radical (unpaired) electrons. The molecule has 1 fully saturated rings. The van der Waals surface area contributed by atoms with E-state index in [-0.39, 0.29) is 0 Å². The van der Waals surface area contributed by atoms with Crippen molar-refractivity contribution >= 4 is 18.0 Å². The number of carbonyl (C=O) groups is 1. The van der Waals surface area contributed by atoms with Gasteiger partial charge in [-0.05, 0) is 29.6 Å². The predicted octanol–water partition coefficient (Wildman–Crippen LogP) is 0.628. The minimum atomic E-state index is 0.405. The molecule has 0 aromatic carbocycles. The molecule has 6 nitrogen and oxygen atoms in total. The highest BCUT2D eigenvalue weighted by atomic mass is 16.6. The molecule has 0 aliphatic carbocycles. The molecule has 14 heavy (non-hydrogen) atoms. The number of aromatic nitrogens is 2. The summed E-state index contributed by atoms with van der Waals surface area (Å²) in [5.74, 6) is 1.04. The summed E-state index contributed by atoms with van der Waals surface area (Å²) in [5, 5.41) is 9.85. The lowest BCUT2D eigenvalue weighted by Crippen LogP contribution is -2.30. The Bertz CT molecular complexity index is 306. The summed E-state index contributed by atoms with van der Waals surface area (Å²) in [6.07, 6.45) is 4.12. The van der Waals surface area contributed by atoms with Crippen molar-refractivity contribution in [2.24, 2.45) is 0 Å². The molecule has 76 valence electrons. The summed E-state index contributed by atoms with van der Waals surface area (Å²) in [6, 6.07) is 0. The fourth-order valence-corrected chi connectivity index (χ4v) is 1.64. The van der Waals surface area contributed by atoms with Crippen LogP contribution in [0.2, 0.25) is 0 Å². The molecule has 0 saturated carbocycles. The van der Waals surface area contributed by atoms with Crippen LogP contribution in [0, 0.1) is 0 Å². The molecule has 1 aliphatic heterocycles. The Morgan fingerprint density at radius 1 is 1.29 bits per heavy atom. The van der Waals surface area contributed by atoms with Gasteiger partial charge in [0.1, 0.15) is 0 Å². The molecule has 1 amide bonds. The van der Waals surface area contributed by atoms with Crippen LogP contribution in [0.4, 0.5) is 11.6 Å². The molecule has 2 heterocycles. The molecule has 0 spiro atoms. The number of carbonyl (C=O) groups excluding carboxylic acids is 1. The first kappa shape index (κ1) is 8.98. The van der Waals surface area contributed by atoms with E-state index < -0.39 is 0 Å². The molecule has 0 unspecified atom stereocenters. The van der Waals surface area contributed by atoms with Crippen LogP contribution >= 0.6 is 0 Å². The first-order chi connectivity index (χ1) is 6.92. The zero-order valence-electron chi connectivity index (χ0n) is 7.77. The minimum absolute atomic E-state index is 0.405. The molecule has 6 heteroatoms. The number of hydrogen-bond donors (Lipinski definition) is 1. The van der Waals surface area contributed by atoms with E-state index in [1.807, 2.05) is 0 Å². The third-order valence-electron chi connectivity index (χ3n) is 2.32. The zero-order chi connectivity index (χ0) is 9.80. The molecular formula is C8H12N4O2. The summed E-state index contributed by atoms with van der Waals surface area (Å²) < 4.78 is 4.59. The van der Waals surface area contributed by atoms with Crippen molar-refractivity contribution in [3.8, 4) is 0 Å². The lowest BCUT2D eigenvalue weighted by atomic mass is 10.1. The number of rotatable bonds is 3. The summed E-state index contributed by atoms with van der Waals surface area (Å²) >= 11 is 0. The summed E-state index contributed by atoms with van der Waals surface area (Å²) in [4.78, 5) is 12.3. The smallest absolute Gasteiger partial charge is 0.221 e. The van der Waals surface area contributed by atoms with Gasteiger partial charge in [0.05, 0.1) is 0 Å². The van der Waals surface area contributed by atoms with E-state index in [0.29, 0.717) is 18.0 Å². The lowest BCUT2D eigenvalue weighted by molar-refractivity contribution is -0.105. The van der Waals surface area contributed by atoms with E-state index >= 15 is 0 Å². The minimum Gasteiger partial charge on any atom is -0.351 e. The Balaban J connectivity index is 2.12. The van der Waals surface area contributed by atoms with Crippen molar-refractivity contribution in [1.29, 1.82) is 0 Å².